The average molecular weight is 319 g/mol. The van der Waals surface area contributed by atoms with Crippen LogP contribution in [0.5, 0.6) is 0 Å². The quantitative estimate of drug-likeness (QED) is 0.788. The van der Waals surface area contributed by atoms with Gasteiger partial charge in [0.2, 0.25) is 0 Å². The topological polar surface area (TPSA) is 51.2 Å². The van der Waals surface area contributed by atoms with E-state index in [0.717, 1.165) is 16.7 Å². The van der Waals surface area contributed by atoms with Crippen molar-refractivity contribution in [1.82, 2.24) is 4.98 Å². The summed E-state index contributed by atoms with van der Waals surface area (Å²) in [4.78, 5) is 15.9. The van der Waals surface area contributed by atoms with Gasteiger partial charge >= 0.3 is 6.09 Å². The molecule has 5 heteroatoms. The highest BCUT2D eigenvalue weighted by Gasteiger charge is 2.16. The first-order chi connectivity index (χ1) is 10.2. The van der Waals surface area contributed by atoms with Crippen molar-refractivity contribution in [3.8, 4) is 11.1 Å². The number of ether oxygens (including phenoxy) is 1. The number of hydrogen-bond donors (Lipinski definition) is 1. The van der Waals surface area contributed by atoms with Crippen LogP contribution < -0.4 is 5.32 Å². The predicted octanol–water partition coefficient (Wildman–Crippen LogP) is 5.06. The van der Waals surface area contributed by atoms with Crippen LogP contribution in [0.15, 0.2) is 36.5 Å². The average Bonchev–Trinajstić information content (AvgIpc) is 2.35. The highest BCUT2D eigenvalue weighted by molar-refractivity contribution is 6.29. The molecule has 0 aliphatic heterocycles. The van der Waals surface area contributed by atoms with Crippen LogP contribution in [-0.4, -0.2) is 16.7 Å². The molecule has 1 aromatic heterocycles. The summed E-state index contributed by atoms with van der Waals surface area (Å²) in [6, 6.07) is 9.44. The fraction of sp³-hybridized carbons (Fsp3) is 0.294. The molecular formula is C17H19ClN2O2. The minimum Gasteiger partial charge on any atom is -0.444 e. The lowest BCUT2D eigenvalue weighted by atomic mass is 10.0. The van der Waals surface area contributed by atoms with Crippen molar-refractivity contribution in [2.45, 2.75) is 33.3 Å². The van der Waals surface area contributed by atoms with Crippen molar-refractivity contribution in [3.63, 3.8) is 0 Å². The van der Waals surface area contributed by atoms with E-state index in [0.29, 0.717) is 10.8 Å². The molecule has 0 radical (unpaired) electrons. The Balaban J connectivity index is 2.26. The molecule has 0 aliphatic carbocycles. The summed E-state index contributed by atoms with van der Waals surface area (Å²) in [5.74, 6) is 0. The second kappa shape index (κ2) is 6.36. The molecule has 1 aromatic carbocycles. The van der Waals surface area contributed by atoms with Gasteiger partial charge in [0, 0.05) is 11.9 Å². The Morgan fingerprint density at radius 3 is 2.55 bits per heavy atom. The van der Waals surface area contributed by atoms with Crippen LogP contribution in [0.3, 0.4) is 0 Å². The number of nitrogens with zero attached hydrogens (tertiary/aromatic N) is 1. The number of halogens is 1. The van der Waals surface area contributed by atoms with Crippen molar-refractivity contribution in [1.29, 1.82) is 0 Å². The number of carbonyl (C=O) groups is 1. The third-order valence-corrected chi connectivity index (χ3v) is 2.99. The fourth-order valence-corrected chi connectivity index (χ4v) is 2.20. The van der Waals surface area contributed by atoms with E-state index < -0.39 is 11.7 Å². The zero-order chi connectivity index (χ0) is 16.3. The second-order valence-electron chi connectivity index (χ2n) is 6.08. The molecule has 0 saturated carbocycles. The number of benzene rings is 1. The molecule has 2 aromatic rings. The van der Waals surface area contributed by atoms with Gasteiger partial charge < -0.3 is 4.74 Å². The van der Waals surface area contributed by atoms with Gasteiger partial charge in [0.05, 0.1) is 0 Å². The number of rotatable bonds is 2. The maximum Gasteiger partial charge on any atom is 0.412 e. The monoisotopic (exact) mass is 318 g/mol. The SMILES string of the molecule is Cc1cc(NC(=O)OC(C)(C)C)cc(-c2ccnc(Cl)c2)c1. The van der Waals surface area contributed by atoms with Gasteiger partial charge in [0.15, 0.2) is 0 Å². The Morgan fingerprint density at radius 2 is 1.91 bits per heavy atom. The Labute approximate surface area is 135 Å². The van der Waals surface area contributed by atoms with Gasteiger partial charge in [-0.25, -0.2) is 9.78 Å². The summed E-state index contributed by atoms with van der Waals surface area (Å²) in [5.41, 5.74) is 3.06. The Morgan fingerprint density at radius 1 is 1.18 bits per heavy atom. The Hall–Kier alpha value is -2.07. The van der Waals surface area contributed by atoms with Crippen LogP contribution in [0.2, 0.25) is 5.15 Å². The standard InChI is InChI=1S/C17H19ClN2O2/c1-11-7-13(12-5-6-19-15(18)10-12)9-14(8-11)20-16(21)22-17(2,3)4/h5-10H,1-4H3,(H,20,21). The van der Waals surface area contributed by atoms with E-state index in [1.807, 2.05) is 52.0 Å². The van der Waals surface area contributed by atoms with Gasteiger partial charge in [-0.1, -0.05) is 17.7 Å². The van der Waals surface area contributed by atoms with Crippen molar-refractivity contribution in [2.75, 3.05) is 5.32 Å². The molecule has 1 amide bonds. The van der Waals surface area contributed by atoms with Crippen LogP contribution in [0.1, 0.15) is 26.3 Å². The molecule has 0 aliphatic rings. The zero-order valence-corrected chi connectivity index (χ0v) is 13.9. The Bertz CT molecular complexity index is 693. The van der Waals surface area contributed by atoms with Crippen LogP contribution in [0.4, 0.5) is 10.5 Å². The third kappa shape index (κ3) is 4.74. The lowest BCUT2D eigenvalue weighted by molar-refractivity contribution is 0.0636. The van der Waals surface area contributed by atoms with Crippen LogP contribution in [-0.2, 0) is 4.74 Å². The van der Waals surface area contributed by atoms with Gasteiger partial charge in [-0.05, 0) is 68.7 Å². The predicted molar refractivity (Wildman–Crippen MR) is 89.3 cm³/mol. The highest BCUT2D eigenvalue weighted by atomic mass is 35.5. The van der Waals surface area contributed by atoms with E-state index in [9.17, 15) is 4.79 Å². The molecule has 22 heavy (non-hydrogen) atoms. The molecule has 0 bridgehead atoms. The zero-order valence-electron chi connectivity index (χ0n) is 13.1. The molecule has 0 atom stereocenters. The second-order valence-corrected chi connectivity index (χ2v) is 6.47. The maximum absolute atomic E-state index is 11.9. The molecule has 116 valence electrons. The van der Waals surface area contributed by atoms with E-state index in [1.165, 1.54) is 0 Å². The van der Waals surface area contributed by atoms with Crippen molar-refractivity contribution < 1.29 is 9.53 Å². The summed E-state index contributed by atoms with van der Waals surface area (Å²) in [6.07, 6.45) is 1.18. The van der Waals surface area contributed by atoms with Gasteiger partial charge in [-0.15, -0.1) is 0 Å². The van der Waals surface area contributed by atoms with E-state index >= 15 is 0 Å². The van der Waals surface area contributed by atoms with E-state index in [-0.39, 0.29) is 0 Å². The van der Waals surface area contributed by atoms with Crippen LogP contribution in [0.25, 0.3) is 11.1 Å². The van der Waals surface area contributed by atoms with E-state index in [4.69, 9.17) is 16.3 Å². The minimum atomic E-state index is -0.532. The molecule has 4 nitrogen and oxygen atoms in total. The molecular weight excluding hydrogens is 300 g/mol. The third-order valence-electron chi connectivity index (χ3n) is 2.78. The molecule has 1 heterocycles. The van der Waals surface area contributed by atoms with E-state index in [2.05, 4.69) is 10.3 Å². The largest absolute Gasteiger partial charge is 0.444 e. The summed E-state index contributed by atoms with van der Waals surface area (Å²) >= 11 is 5.93. The molecule has 0 unspecified atom stereocenters. The van der Waals surface area contributed by atoms with Crippen LogP contribution in [0, 0.1) is 6.92 Å². The van der Waals surface area contributed by atoms with Crippen molar-refractivity contribution in [2.24, 2.45) is 0 Å². The van der Waals surface area contributed by atoms with Gasteiger partial charge in [0.25, 0.3) is 0 Å². The number of pyridine rings is 1. The smallest absolute Gasteiger partial charge is 0.412 e. The number of aromatic nitrogens is 1. The first-order valence-electron chi connectivity index (χ1n) is 6.96. The molecule has 0 saturated heterocycles. The molecule has 0 fully saturated rings. The number of amides is 1. The maximum atomic E-state index is 11.9. The number of anilines is 1. The summed E-state index contributed by atoms with van der Waals surface area (Å²) < 4.78 is 5.27. The Kier molecular flexibility index (Phi) is 4.71. The molecule has 1 N–H and O–H groups in total. The highest BCUT2D eigenvalue weighted by Crippen LogP contribution is 2.26. The number of nitrogens with one attached hydrogen (secondary N) is 1. The molecule has 0 spiro atoms. The van der Waals surface area contributed by atoms with Crippen molar-refractivity contribution >= 4 is 23.4 Å². The lowest BCUT2D eigenvalue weighted by Gasteiger charge is -2.20. The number of aryl methyl sites for hydroxylation is 1. The minimum absolute atomic E-state index is 0.431. The normalized spacial score (nSPS) is 11.1. The number of hydrogen-bond acceptors (Lipinski definition) is 3. The van der Waals surface area contributed by atoms with Gasteiger partial charge in [0.1, 0.15) is 10.8 Å². The van der Waals surface area contributed by atoms with Crippen LogP contribution >= 0.6 is 11.6 Å². The number of carbonyl (C=O) groups excluding carboxylic acids is 1. The van der Waals surface area contributed by atoms with Gasteiger partial charge in [-0.3, -0.25) is 5.32 Å². The molecule has 2 rings (SSSR count). The van der Waals surface area contributed by atoms with E-state index in [1.54, 1.807) is 12.3 Å². The summed E-state index contributed by atoms with van der Waals surface area (Å²) in [6.45, 7) is 7.44. The van der Waals surface area contributed by atoms with Crippen molar-refractivity contribution in [3.05, 3.63) is 47.2 Å². The first kappa shape index (κ1) is 16.3. The lowest BCUT2D eigenvalue weighted by Crippen LogP contribution is -2.27. The summed E-state index contributed by atoms with van der Waals surface area (Å²) in [5, 5.41) is 3.19. The summed E-state index contributed by atoms with van der Waals surface area (Å²) in [7, 11) is 0. The van der Waals surface area contributed by atoms with Gasteiger partial charge in [-0.2, -0.15) is 0 Å². The fourth-order valence-electron chi connectivity index (χ4n) is 2.03. The first-order valence-corrected chi connectivity index (χ1v) is 7.34.